The van der Waals surface area contributed by atoms with E-state index in [0.717, 1.165) is 26.2 Å². The minimum Gasteiger partial charge on any atom is -0.321 e. The number of carbonyl (C=O) groups is 1. The molecule has 0 aliphatic carbocycles. The number of hydrogen-bond acceptors (Lipinski definition) is 2. The Kier molecular flexibility index (Phi) is 3.64. The zero-order chi connectivity index (χ0) is 12.4. The SMILES string of the molecule is Cc1ccc(Br)cc1NC(=O)c1sccc1C. The van der Waals surface area contributed by atoms with Gasteiger partial charge in [0.25, 0.3) is 5.91 Å². The number of hydrogen-bond donors (Lipinski definition) is 1. The number of halogens is 1. The summed E-state index contributed by atoms with van der Waals surface area (Å²) in [6.45, 7) is 3.92. The Morgan fingerprint density at radius 2 is 2.00 bits per heavy atom. The summed E-state index contributed by atoms with van der Waals surface area (Å²) in [6.07, 6.45) is 0. The van der Waals surface area contributed by atoms with E-state index < -0.39 is 0 Å². The summed E-state index contributed by atoms with van der Waals surface area (Å²) < 4.78 is 0.960. The highest BCUT2D eigenvalue weighted by molar-refractivity contribution is 9.10. The molecule has 2 aromatic rings. The molecule has 2 rings (SSSR count). The van der Waals surface area contributed by atoms with Crippen LogP contribution in [0.1, 0.15) is 20.8 Å². The van der Waals surface area contributed by atoms with E-state index in [1.807, 2.05) is 43.5 Å². The molecule has 1 aromatic carbocycles. The van der Waals surface area contributed by atoms with Crippen LogP contribution < -0.4 is 5.32 Å². The molecule has 0 fully saturated rings. The molecule has 0 saturated heterocycles. The van der Waals surface area contributed by atoms with Crippen LogP contribution in [0.5, 0.6) is 0 Å². The fraction of sp³-hybridized carbons (Fsp3) is 0.154. The predicted molar refractivity (Wildman–Crippen MR) is 75.9 cm³/mol. The van der Waals surface area contributed by atoms with Crippen molar-refractivity contribution in [3.63, 3.8) is 0 Å². The van der Waals surface area contributed by atoms with Crippen molar-refractivity contribution >= 4 is 38.9 Å². The third kappa shape index (κ3) is 2.76. The molecule has 1 N–H and O–H groups in total. The highest BCUT2D eigenvalue weighted by Crippen LogP contribution is 2.23. The molecule has 0 saturated carbocycles. The molecule has 0 bridgehead atoms. The lowest BCUT2D eigenvalue weighted by Gasteiger charge is -2.08. The smallest absolute Gasteiger partial charge is 0.266 e. The van der Waals surface area contributed by atoms with Gasteiger partial charge in [-0.1, -0.05) is 22.0 Å². The van der Waals surface area contributed by atoms with Gasteiger partial charge in [-0.2, -0.15) is 0 Å². The zero-order valence-electron chi connectivity index (χ0n) is 9.58. The third-order valence-corrected chi connectivity index (χ3v) is 4.02. The molecule has 1 amide bonds. The van der Waals surface area contributed by atoms with Crippen LogP contribution in [0.25, 0.3) is 0 Å². The van der Waals surface area contributed by atoms with Gasteiger partial charge in [0.1, 0.15) is 0 Å². The summed E-state index contributed by atoms with van der Waals surface area (Å²) in [5, 5.41) is 4.86. The first kappa shape index (κ1) is 12.3. The molecule has 0 aliphatic heterocycles. The Morgan fingerprint density at radius 3 is 2.65 bits per heavy atom. The van der Waals surface area contributed by atoms with Gasteiger partial charge in [-0.05, 0) is 48.6 Å². The molecule has 0 atom stereocenters. The van der Waals surface area contributed by atoms with E-state index in [2.05, 4.69) is 21.2 Å². The van der Waals surface area contributed by atoms with E-state index in [1.54, 1.807) is 0 Å². The van der Waals surface area contributed by atoms with Crippen LogP contribution >= 0.6 is 27.3 Å². The highest BCUT2D eigenvalue weighted by atomic mass is 79.9. The van der Waals surface area contributed by atoms with E-state index in [0.29, 0.717) is 0 Å². The van der Waals surface area contributed by atoms with E-state index in [-0.39, 0.29) is 5.91 Å². The van der Waals surface area contributed by atoms with Gasteiger partial charge in [0.05, 0.1) is 4.88 Å². The van der Waals surface area contributed by atoms with Crippen molar-refractivity contribution in [2.24, 2.45) is 0 Å². The van der Waals surface area contributed by atoms with E-state index in [9.17, 15) is 4.79 Å². The summed E-state index contributed by atoms with van der Waals surface area (Å²) in [7, 11) is 0. The van der Waals surface area contributed by atoms with Gasteiger partial charge < -0.3 is 5.32 Å². The Bertz CT molecular complexity index is 562. The first-order valence-corrected chi connectivity index (χ1v) is 6.87. The van der Waals surface area contributed by atoms with Gasteiger partial charge in [-0.15, -0.1) is 11.3 Å². The molecule has 88 valence electrons. The monoisotopic (exact) mass is 309 g/mol. The van der Waals surface area contributed by atoms with Crippen LogP contribution in [-0.4, -0.2) is 5.91 Å². The molecule has 4 heteroatoms. The summed E-state index contributed by atoms with van der Waals surface area (Å²) in [4.78, 5) is 12.8. The molecular weight excluding hydrogens is 298 g/mol. The van der Waals surface area contributed by atoms with Crippen molar-refractivity contribution in [3.05, 3.63) is 50.1 Å². The highest BCUT2D eigenvalue weighted by Gasteiger charge is 2.11. The third-order valence-electron chi connectivity index (χ3n) is 2.52. The van der Waals surface area contributed by atoms with Crippen LogP contribution in [0, 0.1) is 13.8 Å². The second-order valence-corrected chi connectivity index (χ2v) is 5.68. The Hall–Kier alpha value is -1.13. The lowest BCUT2D eigenvalue weighted by atomic mass is 10.2. The molecule has 0 radical (unpaired) electrons. The Balaban J connectivity index is 2.24. The molecule has 0 unspecified atom stereocenters. The molecule has 1 heterocycles. The molecule has 17 heavy (non-hydrogen) atoms. The lowest BCUT2D eigenvalue weighted by Crippen LogP contribution is -2.12. The van der Waals surface area contributed by atoms with Crippen molar-refractivity contribution in [1.82, 2.24) is 0 Å². The lowest BCUT2D eigenvalue weighted by molar-refractivity contribution is 0.103. The number of carbonyl (C=O) groups excluding carboxylic acids is 1. The van der Waals surface area contributed by atoms with E-state index in [1.165, 1.54) is 11.3 Å². The van der Waals surface area contributed by atoms with E-state index >= 15 is 0 Å². The van der Waals surface area contributed by atoms with Crippen LogP contribution in [-0.2, 0) is 0 Å². The number of aryl methyl sites for hydroxylation is 2. The number of nitrogens with one attached hydrogen (secondary N) is 1. The largest absolute Gasteiger partial charge is 0.321 e. The minimum atomic E-state index is -0.0429. The van der Waals surface area contributed by atoms with Crippen molar-refractivity contribution in [3.8, 4) is 0 Å². The number of rotatable bonds is 2. The Labute approximate surface area is 113 Å². The van der Waals surface area contributed by atoms with Gasteiger partial charge in [-0.3, -0.25) is 4.79 Å². The van der Waals surface area contributed by atoms with Gasteiger partial charge in [0, 0.05) is 10.2 Å². The minimum absolute atomic E-state index is 0.0429. The Morgan fingerprint density at radius 1 is 1.24 bits per heavy atom. The summed E-state index contributed by atoms with van der Waals surface area (Å²) in [6, 6.07) is 7.80. The van der Waals surface area contributed by atoms with Crippen LogP contribution in [0.2, 0.25) is 0 Å². The van der Waals surface area contributed by atoms with Gasteiger partial charge in [0.2, 0.25) is 0 Å². The maximum Gasteiger partial charge on any atom is 0.266 e. The number of anilines is 1. The fourth-order valence-corrected chi connectivity index (χ4v) is 2.69. The number of amides is 1. The quantitative estimate of drug-likeness (QED) is 0.876. The van der Waals surface area contributed by atoms with Gasteiger partial charge in [0.15, 0.2) is 0 Å². The number of benzene rings is 1. The summed E-state index contributed by atoms with van der Waals surface area (Å²) in [5.74, 6) is -0.0429. The standard InChI is InChI=1S/C13H12BrNOS/c1-8-3-4-10(14)7-11(8)15-13(16)12-9(2)5-6-17-12/h3-7H,1-2H3,(H,15,16). The molecule has 1 aromatic heterocycles. The summed E-state index contributed by atoms with van der Waals surface area (Å²) in [5.41, 5.74) is 2.91. The second kappa shape index (κ2) is 5.02. The molecule has 0 aliphatic rings. The number of thiophene rings is 1. The molecule has 2 nitrogen and oxygen atoms in total. The normalized spacial score (nSPS) is 10.3. The average Bonchev–Trinajstić information content (AvgIpc) is 2.70. The maximum atomic E-state index is 12.0. The maximum absolute atomic E-state index is 12.0. The first-order chi connectivity index (χ1) is 8.08. The van der Waals surface area contributed by atoms with E-state index in [4.69, 9.17) is 0 Å². The topological polar surface area (TPSA) is 29.1 Å². The molecule has 0 spiro atoms. The van der Waals surface area contributed by atoms with Crippen LogP contribution in [0.4, 0.5) is 5.69 Å². The summed E-state index contributed by atoms with van der Waals surface area (Å²) >= 11 is 4.86. The zero-order valence-corrected chi connectivity index (χ0v) is 12.0. The van der Waals surface area contributed by atoms with Crippen molar-refractivity contribution in [1.29, 1.82) is 0 Å². The fourth-order valence-electron chi connectivity index (χ4n) is 1.51. The second-order valence-electron chi connectivity index (χ2n) is 3.85. The van der Waals surface area contributed by atoms with Crippen molar-refractivity contribution in [2.45, 2.75) is 13.8 Å². The van der Waals surface area contributed by atoms with Crippen LogP contribution in [0.15, 0.2) is 34.1 Å². The van der Waals surface area contributed by atoms with Gasteiger partial charge in [-0.25, -0.2) is 0 Å². The molecular formula is C13H12BrNOS. The first-order valence-electron chi connectivity index (χ1n) is 5.19. The van der Waals surface area contributed by atoms with Crippen molar-refractivity contribution in [2.75, 3.05) is 5.32 Å². The van der Waals surface area contributed by atoms with Crippen molar-refractivity contribution < 1.29 is 4.79 Å². The predicted octanol–water partition coefficient (Wildman–Crippen LogP) is 4.38. The van der Waals surface area contributed by atoms with Crippen LogP contribution in [0.3, 0.4) is 0 Å². The van der Waals surface area contributed by atoms with Gasteiger partial charge >= 0.3 is 0 Å². The average molecular weight is 310 g/mol.